The zero-order valence-electron chi connectivity index (χ0n) is 8.80. The predicted molar refractivity (Wildman–Crippen MR) is 61.1 cm³/mol. The number of anilines is 1. The Balaban J connectivity index is 2.67. The molecule has 0 fully saturated rings. The number of halogens is 1. The maximum atomic E-state index is 5.86. The van der Waals surface area contributed by atoms with E-state index in [9.17, 15) is 0 Å². The molecule has 0 aliphatic heterocycles. The maximum absolute atomic E-state index is 5.86. The smallest absolute Gasteiger partial charge is 0.0661 e. The normalized spacial score (nSPS) is 12.6. The molecule has 0 unspecified atom stereocenters. The van der Waals surface area contributed by atoms with E-state index in [0.29, 0.717) is 12.6 Å². The third-order valence-corrected chi connectivity index (χ3v) is 2.24. The van der Waals surface area contributed by atoms with E-state index < -0.39 is 0 Å². The van der Waals surface area contributed by atoms with E-state index in [4.69, 9.17) is 16.3 Å². The van der Waals surface area contributed by atoms with E-state index in [1.54, 1.807) is 7.11 Å². The minimum absolute atomic E-state index is 0.305. The molecule has 0 aliphatic rings. The molecule has 0 spiro atoms. The molecule has 0 aromatic heterocycles. The van der Waals surface area contributed by atoms with Crippen LogP contribution in [0.5, 0.6) is 0 Å². The number of rotatable bonds is 4. The summed E-state index contributed by atoms with van der Waals surface area (Å²) < 4.78 is 5.05. The van der Waals surface area contributed by atoms with Gasteiger partial charge in [0.2, 0.25) is 0 Å². The van der Waals surface area contributed by atoms with Gasteiger partial charge in [0, 0.05) is 23.9 Å². The van der Waals surface area contributed by atoms with Crippen molar-refractivity contribution < 1.29 is 4.74 Å². The minimum atomic E-state index is 0.305. The minimum Gasteiger partial charge on any atom is -0.383 e. The lowest BCUT2D eigenvalue weighted by Gasteiger charge is -2.16. The number of hydrogen-bond acceptors (Lipinski definition) is 2. The summed E-state index contributed by atoms with van der Waals surface area (Å²) in [5.74, 6) is 0. The van der Waals surface area contributed by atoms with Crippen LogP contribution in [0.25, 0.3) is 0 Å². The molecule has 1 N–H and O–H groups in total. The summed E-state index contributed by atoms with van der Waals surface area (Å²) in [6.45, 7) is 4.81. The molecule has 14 heavy (non-hydrogen) atoms. The van der Waals surface area contributed by atoms with E-state index >= 15 is 0 Å². The first-order valence-electron chi connectivity index (χ1n) is 4.65. The van der Waals surface area contributed by atoms with Gasteiger partial charge in [0.1, 0.15) is 0 Å². The highest BCUT2D eigenvalue weighted by molar-refractivity contribution is 6.30. The lowest BCUT2D eigenvalue weighted by Crippen LogP contribution is -2.21. The summed E-state index contributed by atoms with van der Waals surface area (Å²) in [7, 11) is 1.70. The molecule has 0 aliphatic carbocycles. The molecule has 1 aromatic rings. The van der Waals surface area contributed by atoms with Crippen LogP contribution in [0.2, 0.25) is 5.02 Å². The lowest BCUT2D eigenvalue weighted by atomic mass is 10.2. The fourth-order valence-corrected chi connectivity index (χ4v) is 1.57. The second kappa shape index (κ2) is 5.23. The maximum Gasteiger partial charge on any atom is 0.0661 e. The van der Waals surface area contributed by atoms with Gasteiger partial charge >= 0.3 is 0 Å². The molecule has 1 atom stereocenters. The molecule has 0 bridgehead atoms. The lowest BCUT2D eigenvalue weighted by molar-refractivity contribution is 0.190. The highest BCUT2D eigenvalue weighted by Crippen LogP contribution is 2.20. The highest BCUT2D eigenvalue weighted by atomic mass is 35.5. The SMILES string of the molecule is COC[C@@H](C)Nc1ccc(Cl)cc1C. The van der Waals surface area contributed by atoms with Crippen LogP contribution in [0.4, 0.5) is 5.69 Å². The summed E-state index contributed by atoms with van der Waals surface area (Å²) in [6, 6.07) is 6.13. The van der Waals surface area contributed by atoms with Gasteiger partial charge in [0.05, 0.1) is 6.61 Å². The van der Waals surface area contributed by atoms with E-state index in [2.05, 4.69) is 12.2 Å². The van der Waals surface area contributed by atoms with Crippen LogP contribution < -0.4 is 5.32 Å². The van der Waals surface area contributed by atoms with Gasteiger partial charge in [-0.15, -0.1) is 0 Å². The molecule has 0 amide bonds. The molecule has 0 saturated carbocycles. The van der Waals surface area contributed by atoms with Crippen LogP contribution >= 0.6 is 11.6 Å². The fraction of sp³-hybridized carbons (Fsp3) is 0.455. The Hall–Kier alpha value is -0.730. The van der Waals surface area contributed by atoms with Gasteiger partial charge in [-0.1, -0.05) is 11.6 Å². The van der Waals surface area contributed by atoms with Crippen molar-refractivity contribution in [3.63, 3.8) is 0 Å². The van der Waals surface area contributed by atoms with Crippen molar-refractivity contribution in [3.05, 3.63) is 28.8 Å². The second-order valence-electron chi connectivity index (χ2n) is 3.46. The molecule has 0 saturated heterocycles. The molecule has 0 radical (unpaired) electrons. The van der Waals surface area contributed by atoms with Crippen LogP contribution in [0.3, 0.4) is 0 Å². The molecule has 3 heteroatoms. The average molecular weight is 214 g/mol. The number of ether oxygens (including phenoxy) is 1. The first kappa shape index (κ1) is 11.3. The Morgan fingerprint density at radius 3 is 2.79 bits per heavy atom. The largest absolute Gasteiger partial charge is 0.383 e. The molecular weight excluding hydrogens is 198 g/mol. The Kier molecular flexibility index (Phi) is 4.23. The first-order valence-corrected chi connectivity index (χ1v) is 5.03. The monoisotopic (exact) mass is 213 g/mol. The summed E-state index contributed by atoms with van der Waals surface area (Å²) >= 11 is 5.86. The number of benzene rings is 1. The zero-order valence-corrected chi connectivity index (χ0v) is 9.56. The Labute approximate surface area is 90.2 Å². The third kappa shape index (κ3) is 3.20. The topological polar surface area (TPSA) is 21.3 Å². The van der Waals surface area contributed by atoms with Gasteiger partial charge in [-0.05, 0) is 37.6 Å². The van der Waals surface area contributed by atoms with Crippen molar-refractivity contribution in [2.24, 2.45) is 0 Å². The van der Waals surface area contributed by atoms with Crippen molar-refractivity contribution >= 4 is 17.3 Å². The quantitative estimate of drug-likeness (QED) is 0.830. The van der Waals surface area contributed by atoms with E-state index in [1.807, 2.05) is 25.1 Å². The van der Waals surface area contributed by atoms with Gasteiger partial charge in [0.15, 0.2) is 0 Å². The number of methoxy groups -OCH3 is 1. The van der Waals surface area contributed by atoms with Crippen molar-refractivity contribution in [1.29, 1.82) is 0 Å². The fourth-order valence-electron chi connectivity index (χ4n) is 1.35. The third-order valence-electron chi connectivity index (χ3n) is 2.01. The molecule has 0 heterocycles. The molecule has 2 nitrogen and oxygen atoms in total. The van der Waals surface area contributed by atoms with Crippen LogP contribution in [0, 0.1) is 6.92 Å². The van der Waals surface area contributed by atoms with Crippen molar-refractivity contribution in [1.82, 2.24) is 0 Å². The number of aryl methyl sites for hydroxylation is 1. The summed E-state index contributed by atoms with van der Waals surface area (Å²) in [6.07, 6.45) is 0. The Morgan fingerprint density at radius 1 is 1.50 bits per heavy atom. The van der Waals surface area contributed by atoms with Crippen molar-refractivity contribution in [2.45, 2.75) is 19.9 Å². The van der Waals surface area contributed by atoms with Gasteiger partial charge in [-0.25, -0.2) is 0 Å². The van der Waals surface area contributed by atoms with Gasteiger partial charge in [0.25, 0.3) is 0 Å². The zero-order chi connectivity index (χ0) is 10.6. The van der Waals surface area contributed by atoms with Crippen LogP contribution in [-0.2, 0) is 4.74 Å². The van der Waals surface area contributed by atoms with E-state index in [-0.39, 0.29) is 0 Å². The van der Waals surface area contributed by atoms with Crippen LogP contribution in [-0.4, -0.2) is 19.8 Å². The van der Waals surface area contributed by atoms with Crippen molar-refractivity contribution in [3.8, 4) is 0 Å². The Morgan fingerprint density at radius 2 is 2.21 bits per heavy atom. The second-order valence-corrected chi connectivity index (χ2v) is 3.90. The Bertz CT molecular complexity index is 301. The predicted octanol–water partition coefficient (Wildman–Crippen LogP) is 3.10. The van der Waals surface area contributed by atoms with Gasteiger partial charge < -0.3 is 10.1 Å². The van der Waals surface area contributed by atoms with Crippen LogP contribution in [0.15, 0.2) is 18.2 Å². The average Bonchev–Trinajstić information content (AvgIpc) is 2.10. The highest BCUT2D eigenvalue weighted by Gasteiger charge is 2.03. The summed E-state index contributed by atoms with van der Waals surface area (Å²) in [5.41, 5.74) is 2.26. The van der Waals surface area contributed by atoms with E-state index in [1.165, 1.54) is 0 Å². The number of nitrogens with one attached hydrogen (secondary N) is 1. The first-order chi connectivity index (χ1) is 6.63. The summed E-state index contributed by atoms with van der Waals surface area (Å²) in [4.78, 5) is 0. The van der Waals surface area contributed by atoms with Crippen molar-refractivity contribution in [2.75, 3.05) is 19.0 Å². The van der Waals surface area contributed by atoms with Gasteiger partial charge in [-0.3, -0.25) is 0 Å². The number of hydrogen-bond donors (Lipinski definition) is 1. The molecule has 1 aromatic carbocycles. The van der Waals surface area contributed by atoms with E-state index in [0.717, 1.165) is 16.3 Å². The molecule has 78 valence electrons. The summed E-state index contributed by atoms with van der Waals surface area (Å²) in [5, 5.41) is 4.13. The van der Waals surface area contributed by atoms with Crippen LogP contribution in [0.1, 0.15) is 12.5 Å². The van der Waals surface area contributed by atoms with Gasteiger partial charge in [-0.2, -0.15) is 0 Å². The standard InChI is InChI=1S/C11H16ClNO/c1-8-6-10(12)4-5-11(8)13-9(2)7-14-3/h4-6,9,13H,7H2,1-3H3/t9-/m1/s1. The molecular formula is C11H16ClNO. The molecule has 1 rings (SSSR count).